The number of nitrogens with two attached hydrogens (primary N) is 1. The maximum absolute atomic E-state index is 8.17. The predicted molar refractivity (Wildman–Crippen MR) is 28.4 cm³/mol. The summed E-state index contributed by atoms with van der Waals surface area (Å²) >= 11 is 5.16. The molecule has 0 saturated heterocycles. The molecule has 0 atom stereocenters. The Morgan fingerprint density at radius 1 is 1.71 bits per heavy atom. The number of hydrogen-bond acceptors (Lipinski definition) is 3. The van der Waals surface area contributed by atoms with Crippen molar-refractivity contribution in [1.82, 2.24) is 4.53 Å². The van der Waals surface area contributed by atoms with Gasteiger partial charge in [-0.3, -0.25) is 5.84 Å². The van der Waals surface area contributed by atoms with E-state index in [2.05, 4.69) is 0 Å². The van der Waals surface area contributed by atoms with Crippen LogP contribution in [0.15, 0.2) is 0 Å². The van der Waals surface area contributed by atoms with E-state index in [4.69, 9.17) is 22.7 Å². The molecule has 4 heteroatoms. The Labute approximate surface area is 47.7 Å². The molecular formula is C3H9ClN2O. The second-order valence-electron chi connectivity index (χ2n) is 1.20. The fourth-order valence-corrected chi connectivity index (χ4v) is 0.341. The van der Waals surface area contributed by atoms with Gasteiger partial charge in [-0.2, -0.15) is 4.53 Å². The van der Waals surface area contributed by atoms with E-state index in [1.807, 2.05) is 0 Å². The highest BCUT2D eigenvalue weighted by molar-refractivity contribution is 6.12. The lowest BCUT2D eigenvalue weighted by molar-refractivity contribution is 0.272. The third-order valence-electron chi connectivity index (χ3n) is 0.530. The standard InChI is InChI=1S/C3H9ClN2O/c4-6(5)2-1-3-7/h7H,1-3,5H2. The highest BCUT2D eigenvalue weighted by Crippen LogP contribution is 1.84. The van der Waals surface area contributed by atoms with E-state index in [1.165, 1.54) is 0 Å². The summed E-state index contributed by atoms with van der Waals surface area (Å²) in [6.45, 7) is 0.665. The zero-order valence-electron chi connectivity index (χ0n) is 3.97. The molecule has 0 aromatic carbocycles. The summed E-state index contributed by atoms with van der Waals surface area (Å²) in [5.41, 5.74) is 0. The van der Waals surface area contributed by atoms with E-state index in [-0.39, 0.29) is 6.61 Å². The van der Waals surface area contributed by atoms with Crippen molar-refractivity contribution in [3.63, 3.8) is 0 Å². The molecule has 0 fully saturated rings. The summed E-state index contributed by atoms with van der Waals surface area (Å²) < 4.78 is 1.02. The SMILES string of the molecule is NN(Cl)CCCO. The molecule has 0 rings (SSSR count). The zero-order chi connectivity index (χ0) is 5.70. The van der Waals surface area contributed by atoms with Gasteiger partial charge in [-0.15, -0.1) is 0 Å². The second-order valence-corrected chi connectivity index (χ2v) is 1.63. The third-order valence-corrected chi connectivity index (χ3v) is 0.699. The summed E-state index contributed by atoms with van der Waals surface area (Å²) in [5.74, 6) is 4.97. The number of aliphatic hydroxyl groups is 1. The van der Waals surface area contributed by atoms with Gasteiger partial charge in [0.25, 0.3) is 0 Å². The van der Waals surface area contributed by atoms with Crippen LogP contribution in [0.5, 0.6) is 0 Å². The quantitative estimate of drug-likeness (QED) is 0.309. The van der Waals surface area contributed by atoms with Gasteiger partial charge in [0.05, 0.1) is 0 Å². The number of hydrogen-bond donors (Lipinski definition) is 2. The van der Waals surface area contributed by atoms with Crippen LogP contribution >= 0.6 is 11.8 Å². The Bertz CT molecular complexity index is 41.9. The molecule has 0 bridgehead atoms. The van der Waals surface area contributed by atoms with Crippen molar-refractivity contribution >= 4 is 11.8 Å². The van der Waals surface area contributed by atoms with Gasteiger partial charge < -0.3 is 5.11 Å². The zero-order valence-corrected chi connectivity index (χ0v) is 4.73. The molecule has 0 spiro atoms. The number of hydrazine groups is 1. The molecule has 0 unspecified atom stereocenters. The Balaban J connectivity index is 2.68. The van der Waals surface area contributed by atoms with Gasteiger partial charge in [0, 0.05) is 13.2 Å². The van der Waals surface area contributed by atoms with Gasteiger partial charge in [0.15, 0.2) is 0 Å². The molecule has 0 aromatic heterocycles. The number of aliphatic hydroxyl groups excluding tert-OH is 1. The first-order chi connectivity index (χ1) is 3.27. The van der Waals surface area contributed by atoms with Crippen molar-refractivity contribution in [3.8, 4) is 0 Å². The molecule has 7 heavy (non-hydrogen) atoms. The second kappa shape index (κ2) is 4.33. The van der Waals surface area contributed by atoms with Crippen molar-refractivity contribution < 1.29 is 5.11 Å². The van der Waals surface area contributed by atoms with Crippen LogP contribution in [0.25, 0.3) is 0 Å². The van der Waals surface area contributed by atoms with Crippen molar-refractivity contribution in [1.29, 1.82) is 0 Å². The Morgan fingerprint density at radius 2 is 2.29 bits per heavy atom. The molecule has 0 radical (unpaired) electrons. The van der Waals surface area contributed by atoms with Crippen LogP contribution in [0.3, 0.4) is 0 Å². The lowest BCUT2D eigenvalue weighted by Crippen LogP contribution is -2.21. The molecule has 3 N–H and O–H groups in total. The fourth-order valence-electron chi connectivity index (χ4n) is 0.222. The van der Waals surface area contributed by atoms with E-state index in [0.29, 0.717) is 13.0 Å². The smallest absolute Gasteiger partial charge is 0.0444 e. The number of halogens is 1. The van der Waals surface area contributed by atoms with Gasteiger partial charge in [-0.05, 0) is 18.2 Å². The lowest BCUT2D eigenvalue weighted by atomic mass is 10.5. The van der Waals surface area contributed by atoms with Gasteiger partial charge >= 0.3 is 0 Å². The summed E-state index contributed by atoms with van der Waals surface area (Å²) in [6, 6.07) is 0. The lowest BCUT2D eigenvalue weighted by Gasteiger charge is -2.01. The first-order valence-electron chi connectivity index (χ1n) is 2.06. The van der Waals surface area contributed by atoms with Crippen molar-refractivity contribution in [2.24, 2.45) is 5.84 Å². The highest BCUT2D eigenvalue weighted by Gasteiger charge is 1.87. The normalized spacial score (nSPS) is 10.3. The molecule has 44 valence electrons. The third kappa shape index (κ3) is 6.17. The minimum atomic E-state index is 0.139. The number of nitrogens with zero attached hydrogens (tertiary/aromatic N) is 1. The van der Waals surface area contributed by atoms with Crippen molar-refractivity contribution in [2.45, 2.75) is 6.42 Å². The van der Waals surface area contributed by atoms with Gasteiger partial charge in [-0.1, -0.05) is 0 Å². The van der Waals surface area contributed by atoms with Gasteiger partial charge in [-0.25, -0.2) is 0 Å². The molecule has 0 aliphatic heterocycles. The minimum Gasteiger partial charge on any atom is -0.396 e. The van der Waals surface area contributed by atoms with Crippen LogP contribution in [0.1, 0.15) is 6.42 Å². The predicted octanol–water partition coefficient (Wildman–Crippen LogP) is -0.302. The van der Waals surface area contributed by atoms with Crippen LogP contribution in [0.4, 0.5) is 0 Å². The average Bonchev–Trinajstić information content (AvgIpc) is 1.61. The van der Waals surface area contributed by atoms with E-state index < -0.39 is 0 Å². The van der Waals surface area contributed by atoms with Crippen molar-refractivity contribution in [2.75, 3.05) is 13.2 Å². The maximum atomic E-state index is 8.17. The van der Waals surface area contributed by atoms with E-state index >= 15 is 0 Å². The number of rotatable bonds is 3. The molecule has 0 aromatic rings. The fraction of sp³-hybridized carbons (Fsp3) is 1.00. The largest absolute Gasteiger partial charge is 0.396 e. The molecule has 0 aliphatic rings. The Morgan fingerprint density at radius 3 is 2.43 bits per heavy atom. The minimum absolute atomic E-state index is 0.139. The first kappa shape index (κ1) is 7.17. The Hall–Kier alpha value is 0.170. The molecule has 3 nitrogen and oxygen atoms in total. The molecule has 0 aliphatic carbocycles. The van der Waals surface area contributed by atoms with E-state index in [9.17, 15) is 0 Å². The molecule has 0 amide bonds. The van der Waals surface area contributed by atoms with E-state index in [0.717, 1.165) is 4.53 Å². The summed E-state index contributed by atoms with van der Waals surface area (Å²) in [5, 5.41) is 8.17. The van der Waals surface area contributed by atoms with Gasteiger partial charge in [0.2, 0.25) is 0 Å². The topological polar surface area (TPSA) is 49.5 Å². The summed E-state index contributed by atoms with van der Waals surface area (Å²) in [7, 11) is 0. The van der Waals surface area contributed by atoms with Crippen molar-refractivity contribution in [3.05, 3.63) is 0 Å². The van der Waals surface area contributed by atoms with Gasteiger partial charge in [0.1, 0.15) is 0 Å². The van der Waals surface area contributed by atoms with Crippen LogP contribution in [-0.2, 0) is 0 Å². The summed E-state index contributed by atoms with van der Waals surface area (Å²) in [6.07, 6.45) is 0.625. The summed E-state index contributed by atoms with van der Waals surface area (Å²) in [4.78, 5) is 0. The molecule has 0 heterocycles. The van der Waals surface area contributed by atoms with Crippen LogP contribution < -0.4 is 5.84 Å². The Kier molecular flexibility index (Phi) is 4.44. The first-order valence-corrected chi connectivity index (χ1v) is 2.40. The van der Waals surface area contributed by atoms with Crippen LogP contribution in [0.2, 0.25) is 0 Å². The molecule has 0 saturated carbocycles. The van der Waals surface area contributed by atoms with E-state index in [1.54, 1.807) is 0 Å². The van der Waals surface area contributed by atoms with Crippen LogP contribution in [0, 0.1) is 0 Å². The molecular weight excluding hydrogens is 115 g/mol. The monoisotopic (exact) mass is 124 g/mol. The highest BCUT2D eigenvalue weighted by atomic mass is 35.5. The van der Waals surface area contributed by atoms with Crippen LogP contribution in [-0.4, -0.2) is 22.8 Å². The maximum Gasteiger partial charge on any atom is 0.0444 e. The average molecular weight is 125 g/mol.